The molecule has 4 aromatic carbocycles. The summed E-state index contributed by atoms with van der Waals surface area (Å²) in [5.74, 6) is -0.331. The molecule has 1 aliphatic rings. The fourth-order valence-corrected chi connectivity index (χ4v) is 5.38. The molecule has 4 aromatic rings. The lowest BCUT2D eigenvalue weighted by molar-refractivity contribution is -0.139. The van der Waals surface area contributed by atoms with E-state index in [9.17, 15) is 9.59 Å². The van der Waals surface area contributed by atoms with E-state index in [1.807, 2.05) is 91.9 Å². The minimum Gasteiger partial charge on any atom is -0.463 e. The molecule has 0 fully saturated rings. The number of hydrogen-bond acceptors (Lipinski definition) is 11. The smallest absolute Gasteiger partial charge is 0.330 e. The summed E-state index contributed by atoms with van der Waals surface area (Å²) in [4.78, 5) is 25.5. The van der Waals surface area contributed by atoms with Crippen LogP contribution >= 0.6 is 0 Å². The van der Waals surface area contributed by atoms with Crippen LogP contribution in [0.4, 0.5) is 34.1 Å². The summed E-state index contributed by atoms with van der Waals surface area (Å²) >= 11 is 0. The molecule has 0 spiro atoms. The fourth-order valence-electron chi connectivity index (χ4n) is 5.38. The molecule has 0 aromatic heterocycles. The van der Waals surface area contributed by atoms with Crippen LogP contribution in [-0.4, -0.2) is 37.2 Å². The average Bonchev–Trinajstić information content (AvgIpc) is 3.17. The molecule has 0 saturated carbocycles. The molecule has 0 aliphatic heterocycles. The molecular formula is C41H43N7O4. The van der Waals surface area contributed by atoms with Gasteiger partial charge in [0.1, 0.15) is 11.3 Å². The lowest BCUT2D eigenvalue weighted by atomic mass is 9.94. The minimum atomic E-state index is -0.577. The van der Waals surface area contributed by atoms with Crippen molar-refractivity contribution >= 4 is 56.8 Å². The molecule has 1 unspecified atom stereocenters. The number of nitrogens with zero attached hydrogens (tertiary/aromatic N) is 7. The number of azo groups is 3. The van der Waals surface area contributed by atoms with E-state index in [0.717, 1.165) is 47.0 Å². The van der Waals surface area contributed by atoms with Crippen LogP contribution in [0.15, 0.2) is 152 Å². The van der Waals surface area contributed by atoms with Gasteiger partial charge in [0.25, 0.3) is 0 Å². The van der Waals surface area contributed by atoms with Gasteiger partial charge in [0.05, 0.1) is 35.0 Å². The molecular weight excluding hydrogens is 654 g/mol. The van der Waals surface area contributed by atoms with Crippen LogP contribution in [0.2, 0.25) is 0 Å². The normalized spacial score (nSPS) is 15.7. The fraction of sp³-hybridized carbons (Fsp3) is 0.268. The van der Waals surface area contributed by atoms with Crippen LogP contribution in [0.1, 0.15) is 46.5 Å². The van der Waals surface area contributed by atoms with Gasteiger partial charge in [-0.3, -0.25) is 4.79 Å². The second-order valence-electron chi connectivity index (χ2n) is 12.3. The van der Waals surface area contributed by atoms with Crippen molar-refractivity contribution in [3.05, 3.63) is 122 Å². The number of carbonyl (C=O) groups is 2. The van der Waals surface area contributed by atoms with Crippen molar-refractivity contribution in [2.24, 2.45) is 30.7 Å². The Morgan fingerprint density at radius 3 is 1.90 bits per heavy atom. The van der Waals surface area contributed by atoms with E-state index in [4.69, 9.17) is 9.47 Å². The third-order valence-electron chi connectivity index (χ3n) is 8.39. The second-order valence-corrected chi connectivity index (χ2v) is 12.3. The largest absolute Gasteiger partial charge is 0.463 e. The molecule has 5 rings (SSSR count). The predicted octanol–water partition coefficient (Wildman–Crippen LogP) is 11.6. The van der Waals surface area contributed by atoms with Crippen molar-refractivity contribution in [2.75, 3.05) is 24.6 Å². The van der Waals surface area contributed by atoms with Crippen molar-refractivity contribution in [3.63, 3.8) is 0 Å². The monoisotopic (exact) mass is 697 g/mol. The number of ether oxygens (including phenoxy) is 2. The molecule has 0 bridgehead atoms. The van der Waals surface area contributed by atoms with Crippen LogP contribution in [0.3, 0.4) is 0 Å². The number of unbranched alkanes of at least 4 members (excludes halogenated alkanes) is 1. The highest BCUT2D eigenvalue weighted by Gasteiger charge is 2.23. The molecule has 0 N–H and O–H groups in total. The molecule has 0 amide bonds. The van der Waals surface area contributed by atoms with Crippen molar-refractivity contribution in [1.82, 2.24) is 0 Å². The standard InChI is InChI=1S/C41H43N7O4/c1-5-39(49)51-29-11-10-14-40(50)52-34-25-27-41(4,28-26-34)47-44-32-17-15-30(16-18-32)42-45-37-23-24-38(36-13-9-8-12-35(36)37)46-43-31-19-21-33(22-20-31)48(6-2)7-3/h5,8-9,12-13,15-27H,1,6-7,10-11,14,28-29H2,2-4H3. The summed E-state index contributed by atoms with van der Waals surface area (Å²) in [6.45, 7) is 11.7. The van der Waals surface area contributed by atoms with Gasteiger partial charge in [-0.1, -0.05) is 36.9 Å². The Kier molecular flexibility index (Phi) is 13.0. The molecule has 1 atom stereocenters. The van der Waals surface area contributed by atoms with Crippen molar-refractivity contribution in [2.45, 2.75) is 52.0 Å². The molecule has 266 valence electrons. The first-order valence-electron chi connectivity index (χ1n) is 17.4. The molecule has 0 radical (unpaired) electrons. The van der Waals surface area contributed by atoms with Crippen LogP contribution in [-0.2, 0) is 19.1 Å². The molecule has 1 aliphatic carbocycles. The van der Waals surface area contributed by atoms with E-state index in [1.54, 1.807) is 6.08 Å². The Hall–Kier alpha value is -6.10. The zero-order valence-electron chi connectivity index (χ0n) is 29.8. The summed E-state index contributed by atoms with van der Waals surface area (Å²) in [6.07, 6.45) is 8.43. The maximum absolute atomic E-state index is 12.2. The highest BCUT2D eigenvalue weighted by molar-refractivity contribution is 5.99. The number of esters is 2. The number of anilines is 1. The molecule has 11 nitrogen and oxygen atoms in total. The summed E-state index contributed by atoms with van der Waals surface area (Å²) < 4.78 is 10.4. The predicted molar refractivity (Wildman–Crippen MR) is 205 cm³/mol. The number of fused-ring (bicyclic) bond motifs is 1. The molecule has 0 saturated heterocycles. The number of rotatable bonds is 16. The van der Waals surface area contributed by atoms with Crippen LogP contribution in [0.5, 0.6) is 0 Å². The summed E-state index contributed by atoms with van der Waals surface area (Å²) in [6, 6.07) is 27.2. The first kappa shape index (κ1) is 37.2. The lowest BCUT2D eigenvalue weighted by Gasteiger charge is -2.21. The van der Waals surface area contributed by atoms with E-state index in [2.05, 4.69) is 68.1 Å². The Labute approximate surface area is 304 Å². The Bertz CT molecular complexity index is 2010. The van der Waals surface area contributed by atoms with E-state index in [1.165, 1.54) is 5.69 Å². The van der Waals surface area contributed by atoms with Gasteiger partial charge in [0.2, 0.25) is 0 Å². The molecule has 0 heterocycles. The number of benzene rings is 4. The maximum atomic E-state index is 12.2. The van der Waals surface area contributed by atoms with Gasteiger partial charge in [-0.05, 0) is 113 Å². The van der Waals surface area contributed by atoms with Crippen LogP contribution in [0.25, 0.3) is 10.8 Å². The quantitative estimate of drug-likeness (QED) is 0.0498. The van der Waals surface area contributed by atoms with Crippen LogP contribution < -0.4 is 4.90 Å². The Morgan fingerprint density at radius 1 is 0.788 bits per heavy atom. The topological polar surface area (TPSA) is 130 Å². The molecule has 52 heavy (non-hydrogen) atoms. The van der Waals surface area contributed by atoms with Crippen molar-refractivity contribution in [3.8, 4) is 0 Å². The van der Waals surface area contributed by atoms with E-state index in [0.29, 0.717) is 36.4 Å². The third kappa shape index (κ3) is 10.5. The van der Waals surface area contributed by atoms with Gasteiger partial charge in [0, 0.05) is 42.0 Å². The van der Waals surface area contributed by atoms with Gasteiger partial charge >= 0.3 is 11.9 Å². The van der Waals surface area contributed by atoms with Gasteiger partial charge in [0.15, 0.2) is 0 Å². The SMILES string of the molecule is C=CC(=O)OCCCCC(=O)OC1=CCC(C)(N=Nc2ccc(N=Nc3ccc(N=Nc4ccc(N(CC)CC)cc4)c4ccccc34)cc2)C=C1. The second kappa shape index (κ2) is 18.2. The van der Waals surface area contributed by atoms with Crippen molar-refractivity contribution < 1.29 is 19.1 Å². The number of carbonyl (C=O) groups excluding carboxylic acids is 2. The zero-order valence-corrected chi connectivity index (χ0v) is 29.8. The van der Waals surface area contributed by atoms with Gasteiger partial charge < -0.3 is 14.4 Å². The summed E-state index contributed by atoms with van der Waals surface area (Å²) in [5.41, 5.74) is 4.21. The highest BCUT2D eigenvalue weighted by atomic mass is 16.5. The van der Waals surface area contributed by atoms with Gasteiger partial charge in [-0.2, -0.15) is 20.5 Å². The zero-order chi connectivity index (χ0) is 36.8. The minimum absolute atomic E-state index is 0.229. The number of hydrogen-bond donors (Lipinski definition) is 0. The van der Waals surface area contributed by atoms with Gasteiger partial charge in [-0.15, -0.1) is 10.2 Å². The number of allylic oxidation sites excluding steroid dienone is 1. The van der Waals surface area contributed by atoms with E-state index >= 15 is 0 Å². The lowest BCUT2D eigenvalue weighted by Crippen LogP contribution is -2.21. The first-order valence-corrected chi connectivity index (χ1v) is 17.4. The molecule has 11 heteroatoms. The Morgan fingerprint density at radius 2 is 1.37 bits per heavy atom. The average molecular weight is 698 g/mol. The van der Waals surface area contributed by atoms with Crippen LogP contribution in [0, 0.1) is 0 Å². The van der Waals surface area contributed by atoms with E-state index < -0.39 is 11.5 Å². The summed E-state index contributed by atoms with van der Waals surface area (Å²) in [7, 11) is 0. The van der Waals surface area contributed by atoms with E-state index in [-0.39, 0.29) is 19.0 Å². The van der Waals surface area contributed by atoms with Crippen molar-refractivity contribution in [1.29, 1.82) is 0 Å². The third-order valence-corrected chi connectivity index (χ3v) is 8.39. The first-order chi connectivity index (χ1) is 25.3. The Balaban J connectivity index is 1.15. The van der Waals surface area contributed by atoms with Gasteiger partial charge in [-0.25, -0.2) is 4.79 Å². The summed E-state index contributed by atoms with van der Waals surface area (Å²) in [5, 5.41) is 28.9. The highest BCUT2D eigenvalue weighted by Crippen LogP contribution is 2.36. The maximum Gasteiger partial charge on any atom is 0.330 e.